The Morgan fingerprint density at radius 1 is 1.43 bits per heavy atom. The standard InChI is InChI=1S/C14H24N4O3/c1-10-8-17(9-12-15-11(2)21-16-12)6-7-18(10)13(19)20-14(3,4)5/h10H,6-9H2,1-5H3. The molecule has 0 saturated carbocycles. The molecule has 1 aliphatic heterocycles. The zero-order valence-corrected chi connectivity index (χ0v) is 13.4. The lowest BCUT2D eigenvalue weighted by molar-refractivity contribution is 0.000225. The third-order valence-corrected chi connectivity index (χ3v) is 3.27. The maximum Gasteiger partial charge on any atom is 0.410 e. The monoisotopic (exact) mass is 296 g/mol. The molecule has 0 radical (unpaired) electrons. The van der Waals surface area contributed by atoms with Crippen LogP contribution < -0.4 is 0 Å². The topological polar surface area (TPSA) is 71.7 Å². The number of aryl methyl sites for hydroxylation is 1. The SMILES string of the molecule is Cc1nc(CN2CCN(C(=O)OC(C)(C)C)C(C)C2)no1. The van der Waals surface area contributed by atoms with Gasteiger partial charge >= 0.3 is 6.09 Å². The van der Waals surface area contributed by atoms with E-state index < -0.39 is 5.60 Å². The second-order valence-electron chi connectivity index (χ2n) is 6.49. The summed E-state index contributed by atoms with van der Waals surface area (Å²) in [4.78, 5) is 20.3. The number of rotatable bonds is 2. The van der Waals surface area contributed by atoms with Crippen LogP contribution >= 0.6 is 0 Å². The van der Waals surface area contributed by atoms with E-state index in [1.54, 1.807) is 11.8 Å². The number of piperazine rings is 1. The number of nitrogens with zero attached hydrogens (tertiary/aromatic N) is 4. The van der Waals surface area contributed by atoms with E-state index >= 15 is 0 Å². The van der Waals surface area contributed by atoms with Gasteiger partial charge in [0.25, 0.3) is 0 Å². The lowest BCUT2D eigenvalue weighted by atomic mass is 10.2. The molecule has 7 heteroatoms. The van der Waals surface area contributed by atoms with Crippen molar-refractivity contribution >= 4 is 6.09 Å². The molecule has 2 heterocycles. The minimum Gasteiger partial charge on any atom is -0.444 e. The van der Waals surface area contributed by atoms with E-state index in [-0.39, 0.29) is 12.1 Å². The van der Waals surface area contributed by atoms with Gasteiger partial charge in [-0.15, -0.1) is 0 Å². The highest BCUT2D eigenvalue weighted by Crippen LogP contribution is 2.16. The van der Waals surface area contributed by atoms with E-state index in [0.717, 1.165) is 13.1 Å². The van der Waals surface area contributed by atoms with Crippen molar-refractivity contribution in [1.82, 2.24) is 19.9 Å². The maximum absolute atomic E-state index is 12.1. The molecule has 0 bridgehead atoms. The van der Waals surface area contributed by atoms with Crippen LogP contribution in [0.15, 0.2) is 4.52 Å². The van der Waals surface area contributed by atoms with Crippen molar-refractivity contribution in [3.8, 4) is 0 Å². The van der Waals surface area contributed by atoms with E-state index in [1.165, 1.54) is 0 Å². The lowest BCUT2D eigenvalue weighted by Crippen LogP contribution is -2.54. The fourth-order valence-corrected chi connectivity index (χ4v) is 2.37. The van der Waals surface area contributed by atoms with Crippen molar-refractivity contribution in [2.75, 3.05) is 19.6 Å². The summed E-state index contributed by atoms with van der Waals surface area (Å²) in [6, 6.07) is 0.0987. The number of amides is 1. The van der Waals surface area contributed by atoms with Crippen LogP contribution in [0.1, 0.15) is 39.4 Å². The van der Waals surface area contributed by atoms with Crippen LogP contribution in [0, 0.1) is 6.92 Å². The summed E-state index contributed by atoms with van der Waals surface area (Å²) in [6.07, 6.45) is -0.245. The smallest absolute Gasteiger partial charge is 0.410 e. The summed E-state index contributed by atoms with van der Waals surface area (Å²) >= 11 is 0. The fourth-order valence-electron chi connectivity index (χ4n) is 2.37. The molecule has 1 amide bonds. The van der Waals surface area contributed by atoms with Crippen LogP contribution in [0.5, 0.6) is 0 Å². The van der Waals surface area contributed by atoms with Crippen molar-refractivity contribution in [2.45, 2.75) is 52.8 Å². The Balaban J connectivity index is 1.88. The van der Waals surface area contributed by atoms with Crippen molar-refractivity contribution in [3.63, 3.8) is 0 Å². The molecule has 1 aromatic heterocycles. The van der Waals surface area contributed by atoms with Gasteiger partial charge in [-0.2, -0.15) is 4.98 Å². The van der Waals surface area contributed by atoms with Gasteiger partial charge < -0.3 is 14.2 Å². The minimum absolute atomic E-state index is 0.0987. The number of hydrogen-bond donors (Lipinski definition) is 0. The first-order valence-corrected chi connectivity index (χ1v) is 7.26. The minimum atomic E-state index is -0.462. The zero-order chi connectivity index (χ0) is 15.6. The summed E-state index contributed by atoms with van der Waals surface area (Å²) in [5.74, 6) is 1.26. The van der Waals surface area contributed by atoms with Gasteiger partial charge in [-0.05, 0) is 27.7 Å². The molecule has 7 nitrogen and oxygen atoms in total. The largest absolute Gasteiger partial charge is 0.444 e. The summed E-state index contributed by atoms with van der Waals surface area (Å²) in [5.41, 5.74) is -0.462. The van der Waals surface area contributed by atoms with Gasteiger partial charge in [0.2, 0.25) is 5.89 Å². The van der Waals surface area contributed by atoms with Gasteiger partial charge in [0.05, 0.1) is 6.54 Å². The van der Waals surface area contributed by atoms with Gasteiger partial charge in [0.1, 0.15) is 5.60 Å². The summed E-state index contributed by atoms with van der Waals surface area (Å²) in [6.45, 7) is 12.3. The van der Waals surface area contributed by atoms with Crippen molar-refractivity contribution in [3.05, 3.63) is 11.7 Å². The Morgan fingerprint density at radius 2 is 2.14 bits per heavy atom. The third kappa shape index (κ3) is 4.42. The number of aromatic nitrogens is 2. The van der Waals surface area contributed by atoms with Crippen molar-refractivity contribution < 1.29 is 14.1 Å². The van der Waals surface area contributed by atoms with Gasteiger partial charge in [-0.3, -0.25) is 4.90 Å². The van der Waals surface area contributed by atoms with Crippen LogP contribution in [0.4, 0.5) is 4.79 Å². The molecule has 0 aromatic carbocycles. The fraction of sp³-hybridized carbons (Fsp3) is 0.786. The molecule has 1 atom stereocenters. The third-order valence-electron chi connectivity index (χ3n) is 3.27. The molecule has 1 saturated heterocycles. The first kappa shape index (κ1) is 15.8. The van der Waals surface area contributed by atoms with Gasteiger partial charge in [0, 0.05) is 32.6 Å². The highest BCUT2D eigenvalue weighted by atomic mass is 16.6. The lowest BCUT2D eigenvalue weighted by Gasteiger charge is -2.39. The second kappa shape index (κ2) is 6.01. The average Bonchev–Trinajstić information content (AvgIpc) is 2.72. The number of ether oxygens (including phenoxy) is 1. The first-order chi connectivity index (χ1) is 9.74. The number of carbonyl (C=O) groups excluding carboxylic acids is 1. The van der Waals surface area contributed by atoms with E-state index in [2.05, 4.69) is 15.0 Å². The highest BCUT2D eigenvalue weighted by molar-refractivity contribution is 5.68. The van der Waals surface area contributed by atoms with E-state index in [1.807, 2.05) is 27.7 Å². The van der Waals surface area contributed by atoms with Crippen molar-refractivity contribution in [1.29, 1.82) is 0 Å². The molecule has 1 aliphatic rings. The van der Waals surface area contributed by atoms with Crippen LogP contribution in [0.2, 0.25) is 0 Å². The van der Waals surface area contributed by atoms with Gasteiger partial charge in [-0.25, -0.2) is 4.79 Å². The van der Waals surface area contributed by atoms with E-state index in [0.29, 0.717) is 24.8 Å². The molecule has 0 N–H and O–H groups in total. The normalized spacial score (nSPS) is 20.6. The first-order valence-electron chi connectivity index (χ1n) is 7.26. The van der Waals surface area contributed by atoms with E-state index in [9.17, 15) is 4.79 Å². The summed E-state index contributed by atoms with van der Waals surface area (Å²) in [7, 11) is 0. The van der Waals surface area contributed by atoms with E-state index in [4.69, 9.17) is 9.26 Å². The highest BCUT2D eigenvalue weighted by Gasteiger charge is 2.31. The van der Waals surface area contributed by atoms with Crippen LogP contribution in [0.3, 0.4) is 0 Å². The average molecular weight is 296 g/mol. The van der Waals surface area contributed by atoms with Gasteiger partial charge in [0.15, 0.2) is 5.82 Å². The second-order valence-corrected chi connectivity index (χ2v) is 6.49. The Morgan fingerprint density at radius 3 is 2.67 bits per heavy atom. The summed E-state index contributed by atoms with van der Waals surface area (Å²) < 4.78 is 10.4. The Kier molecular flexibility index (Phi) is 4.51. The predicted molar refractivity (Wildman–Crippen MR) is 76.7 cm³/mol. The Hall–Kier alpha value is -1.63. The Bertz CT molecular complexity index is 495. The van der Waals surface area contributed by atoms with Gasteiger partial charge in [-0.1, -0.05) is 5.16 Å². The number of carbonyl (C=O) groups is 1. The van der Waals surface area contributed by atoms with Crippen LogP contribution in [0.25, 0.3) is 0 Å². The molecule has 21 heavy (non-hydrogen) atoms. The molecule has 2 rings (SSSR count). The molecular formula is C14H24N4O3. The van der Waals surface area contributed by atoms with Crippen molar-refractivity contribution in [2.24, 2.45) is 0 Å². The predicted octanol–water partition coefficient (Wildman–Crippen LogP) is 1.82. The quantitative estimate of drug-likeness (QED) is 0.829. The molecule has 0 spiro atoms. The molecule has 1 unspecified atom stereocenters. The Labute approximate surface area is 125 Å². The number of hydrogen-bond acceptors (Lipinski definition) is 6. The molecular weight excluding hydrogens is 272 g/mol. The van der Waals surface area contributed by atoms with Crippen LogP contribution in [-0.2, 0) is 11.3 Å². The molecule has 1 fully saturated rings. The molecule has 0 aliphatic carbocycles. The summed E-state index contributed by atoms with van der Waals surface area (Å²) in [5, 5.41) is 3.90. The molecule has 118 valence electrons. The maximum atomic E-state index is 12.1. The van der Waals surface area contributed by atoms with Crippen LogP contribution in [-0.4, -0.2) is 57.3 Å². The molecule has 1 aromatic rings. The zero-order valence-electron chi connectivity index (χ0n) is 13.4.